The first-order valence-electron chi connectivity index (χ1n) is 8.47. The van der Waals surface area contributed by atoms with E-state index in [1.54, 1.807) is 38.1 Å². The van der Waals surface area contributed by atoms with Gasteiger partial charge in [-0.1, -0.05) is 24.3 Å². The van der Waals surface area contributed by atoms with Crippen LogP contribution in [0, 0.1) is 0 Å². The van der Waals surface area contributed by atoms with Crippen molar-refractivity contribution in [2.45, 2.75) is 29.5 Å². The van der Waals surface area contributed by atoms with Gasteiger partial charge in [-0.15, -0.1) is 0 Å². The summed E-state index contributed by atoms with van der Waals surface area (Å²) in [4.78, 5) is 11.9. The molecule has 144 valence electrons. The quantitative estimate of drug-likeness (QED) is 0.757. The molecule has 2 aromatic rings. The van der Waals surface area contributed by atoms with E-state index >= 15 is 0 Å². The molecule has 6 nitrogen and oxygen atoms in total. The average molecular weight is 407 g/mol. The third-order valence-corrected chi connectivity index (χ3v) is 7.90. The molecule has 0 aromatic heterocycles. The average Bonchev–Trinajstić information content (AvgIpc) is 2.61. The van der Waals surface area contributed by atoms with Gasteiger partial charge in [0.05, 0.1) is 4.90 Å². The van der Waals surface area contributed by atoms with Crippen LogP contribution in [0.2, 0.25) is 0 Å². The Morgan fingerprint density at radius 1 is 1.11 bits per heavy atom. The maximum Gasteiger partial charge on any atom is 0.323 e. The molecule has 27 heavy (non-hydrogen) atoms. The minimum absolute atomic E-state index is 0.0932. The molecule has 3 rings (SSSR count). The van der Waals surface area contributed by atoms with E-state index in [-0.39, 0.29) is 11.4 Å². The number of carboxylic acid groups (broad SMARTS) is 1. The summed E-state index contributed by atoms with van der Waals surface area (Å²) in [5.74, 6) is -0.575. The second-order valence-corrected chi connectivity index (χ2v) is 10.6. The predicted octanol–water partition coefficient (Wildman–Crippen LogP) is 2.91. The van der Waals surface area contributed by atoms with Gasteiger partial charge in [-0.3, -0.25) is 4.79 Å². The Kier molecular flexibility index (Phi) is 5.24. The van der Waals surface area contributed by atoms with Crippen molar-refractivity contribution in [2.75, 3.05) is 18.0 Å². The smallest absolute Gasteiger partial charge is 0.323 e. The van der Waals surface area contributed by atoms with E-state index in [1.807, 2.05) is 12.1 Å². The van der Waals surface area contributed by atoms with Gasteiger partial charge in [-0.25, -0.2) is 8.42 Å². The van der Waals surface area contributed by atoms with Gasteiger partial charge in [-0.05, 0) is 49.2 Å². The van der Waals surface area contributed by atoms with E-state index in [1.165, 1.54) is 23.9 Å². The van der Waals surface area contributed by atoms with Crippen LogP contribution < -0.4 is 5.73 Å². The molecule has 0 radical (unpaired) electrons. The molecule has 1 heterocycles. The van der Waals surface area contributed by atoms with Gasteiger partial charge < -0.3 is 10.8 Å². The van der Waals surface area contributed by atoms with Gasteiger partial charge in [0.2, 0.25) is 10.0 Å². The van der Waals surface area contributed by atoms with Gasteiger partial charge in [-0.2, -0.15) is 16.1 Å². The molecule has 1 fully saturated rings. The molecule has 3 N–H and O–H groups in total. The van der Waals surface area contributed by atoms with Crippen LogP contribution in [0.4, 0.5) is 5.69 Å². The third kappa shape index (κ3) is 3.83. The lowest BCUT2D eigenvalue weighted by molar-refractivity contribution is -0.142. The lowest BCUT2D eigenvalue weighted by atomic mass is 10.0. The maximum atomic E-state index is 13.1. The number of carboxylic acids is 1. The van der Waals surface area contributed by atoms with Crippen molar-refractivity contribution < 1.29 is 18.3 Å². The van der Waals surface area contributed by atoms with Crippen LogP contribution >= 0.6 is 11.8 Å². The topological polar surface area (TPSA) is 101 Å². The molecule has 2 aromatic carbocycles. The number of thioether (sulfide) groups is 1. The zero-order chi connectivity index (χ0) is 19.8. The molecular weight excluding hydrogens is 384 g/mol. The highest BCUT2D eigenvalue weighted by molar-refractivity contribution is 8.00. The van der Waals surface area contributed by atoms with Crippen LogP contribution in [0.15, 0.2) is 53.4 Å². The number of benzene rings is 2. The van der Waals surface area contributed by atoms with Gasteiger partial charge in [0.1, 0.15) is 6.04 Å². The molecule has 1 atom stereocenters. The Morgan fingerprint density at radius 2 is 1.63 bits per heavy atom. The fourth-order valence-corrected chi connectivity index (χ4v) is 6.36. The highest BCUT2D eigenvalue weighted by atomic mass is 32.2. The number of rotatable bonds is 4. The van der Waals surface area contributed by atoms with Crippen molar-refractivity contribution >= 4 is 33.4 Å². The van der Waals surface area contributed by atoms with Crippen LogP contribution in [-0.4, -0.2) is 46.9 Å². The number of anilines is 1. The summed E-state index contributed by atoms with van der Waals surface area (Å²) < 4.78 is 26.6. The van der Waals surface area contributed by atoms with Crippen molar-refractivity contribution in [2.24, 2.45) is 0 Å². The van der Waals surface area contributed by atoms with Crippen molar-refractivity contribution in [3.05, 3.63) is 48.5 Å². The highest BCUT2D eigenvalue weighted by Crippen LogP contribution is 2.38. The van der Waals surface area contributed by atoms with Crippen molar-refractivity contribution in [1.29, 1.82) is 0 Å². The van der Waals surface area contributed by atoms with E-state index in [2.05, 4.69) is 0 Å². The van der Waals surface area contributed by atoms with E-state index in [4.69, 9.17) is 5.73 Å². The Morgan fingerprint density at radius 3 is 2.15 bits per heavy atom. The van der Waals surface area contributed by atoms with Crippen LogP contribution in [-0.2, 0) is 14.8 Å². The van der Waals surface area contributed by atoms with Crippen LogP contribution in [0.1, 0.15) is 13.8 Å². The molecule has 0 spiro atoms. The van der Waals surface area contributed by atoms with Gasteiger partial charge in [0.15, 0.2) is 0 Å². The summed E-state index contributed by atoms with van der Waals surface area (Å²) in [6.45, 7) is 3.71. The molecule has 1 aliphatic heterocycles. The summed E-state index contributed by atoms with van der Waals surface area (Å²) in [7, 11) is -3.91. The van der Waals surface area contributed by atoms with E-state index < -0.39 is 26.8 Å². The minimum atomic E-state index is -3.91. The Bertz CT molecular complexity index is 939. The van der Waals surface area contributed by atoms with E-state index in [9.17, 15) is 18.3 Å². The minimum Gasteiger partial charge on any atom is -0.480 e. The summed E-state index contributed by atoms with van der Waals surface area (Å²) in [5.41, 5.74) is 8.13. The Balaban J connectivity index is 1.94. The lowest BCUT2D eigenvalue weighted by Gasteiger charge is -2.42. The predicted molar refractivity (Wildman–Crippen MR) is 108 cm³/mol. The second-order valence-electron chi connectivity index (χ2n) is 6.95. The van der Waals surface area contributed by atoms with Crippen LogP contribution in [0.25, 0.3) is 11.1 Å². The van der Waals surface area contributed by atoms with Crippen molar-refractivity contribution in [1.82, 2.24) is 4.31 Å². The van der Waals surface area contributed by atoms with Crippen LogP contribution in [0.5, 0.6) is 0 Å². The molecule has 1 saturated heterocycles. The molecule has 0 unspecified atom stereocenters. The standard InChI is InChI=1S/C19H22N2O4S2/c1-19(2)17(18(22)23)21(11-12-26-19)27(24,25)16-9-5-14(6-10-16)13-3-7-15(20)8-4-13/h3-10,17H,11-12,20H2,1-2H3,(H,22,23)/t17-/m0/s1. The molecule has 0 amide bonds. The van der Waals surface area contributed by atoms with Gasteiger partial charge in [0.25, 0.3) is 0 Å². The number of carbonyl (C=O) groups is 1. The molecular formula is C19H22N2O4S2. The van der Waals surface area contributed by atoms with Gasteiger partial charge in [0, 0.05) is 22.7 Å². The SMILES string of the molecule is CC1(C)SCCN(S(=O)(=O)c2ccc(-c3ccc(N)cc3)cc2)[C@H]1C(=O)O. The molecule has 0 saturated carbocycles. The fourth-order valence-electron chi connectivity index (χ4n) is 3.26. The molecule has 0 bridgehead atoms. The lowest BCUT2D eigenvalue weighted by Crippen LogP contribution is -2.58. The first-order chi connectivity index (χ1) is 12.6. The first-order valence-corrected chi connectivity index (χ1v) is 10.9. The Hall–Kier alpha value is -2.03. The summed E-state index contributed by atoms with van der Waals surface area (Å²) in [6.07, 6.45) is 0. The maximum absolute atomic E-state index is 13.1. The normalized spacial score (nSPS) is 20.3. The van der Waals surface area contributed by atoms with Crippen LogP contribution in [0.3, 0.4) is 0 Å². The Labute approximate surface area is 163 Å². The number of aliphatic carboxylic acids is 1. The zero-order valence-corrected chi connectivity index (χ0v) is 16.8. The summed E-state index contributed by atoms with van der Waals surface area (Å²) >= 11 is 1.48. The third-order valence-electron chi connectivity index (χ3n) is 4.67. The number of nitrogens with two attached hydrogens (primary N) is 1. The van der Waals surface area contributed by atoms with E-state index in [0.29, 0.717) is 11.4 Å². The number of nitrogens with zero attached hydrogens (tertiary/aromatic N) is 1. The highest BCUT2D eigenvalue weighted by Gasteiger charge is 2.48. The number of hydrogen-bond acceptors (Lipinski definition) is 5. The van der Waals surface area contributed by atoms with Crippen molar-refractivity contribution in [3.8, 4) is 11.1 Å². The summed E-state index contributed by atoms with van der Waals surface area (Å²) in [5, 5.41) is 9.64. The van der Waals surface area contributed by atoms with E-state index in [0.717, 1.165) is 15.4 Å². The van der Waals surface area contributed by atoms with Gasteiger partial charge >= 0.3 is 5.97 Å². The number of hydrogen-bond donors (Lipinski definition) is 2. The first kappa shape index (κ1) is 19.7. The number of nitrogen functional groups attached to an aromatic ring is 1. The largest absolute Gasteiger partial charge is 0.480 e. The number of sulfonamides is 1. The molecule has 0 aliphatic carbocycles. The fraction of sp³-hybridized carbons (Fsp3) is 0.316. The molecule has 8 heteroatoms. The van der Waals surface area contributed by atoms with Crippen molar-refractivity contribution in [3.63, 3.8) is 0 Å². The summed E-state index contributed by atoms with van der Waals surface area (Å²) in [6, 6.07) is 12.7. The molecule has 1 aliphatic rings. The zero-order valence-electron chi connectivity index (χ0n) is 15.1. The second kappa shape index (κ2) is 7.18. The monoisotopic (exact) mass is 406 g/mol.